The Balaban J connectivity index is 1.48. The zero-order valence-corrected chi connectivity index (χ0v) is 16.7. The number of hydrogen-bond acceptors (Lipinski definition) is 4. The van der Waals surface area contributed by atoms with Gasteiger partial charge in [-0.05, 0) is 61.6 Å². The van der Waals surface area contributed by atoms with Gasteiger partial charge in [0.05, 0.1) is 5.41 Å². The van der Waals surface area contributed by atoms with E-state index in [1.54, 1.807) is 18.3 Å². The topological polar surface area (TPSA) is 106 Å². The first kappa shape index (κ1) is 18.8. The molecule has 2 aliphatic carbocycles. The fourth-order valence-electron chi connectivity index (χ4n) is 5.44. The van der Waals surface area contributed by atoms with Crippen molar-refractivity contribution in [1.82, 2.24) is 10.3 Å². The summed E-state index contributed by atoms with van der Waals surface area (Å²) in [7, 11) is 0. The molecule has 1 heterocycles. The molecular formula is C24H24N2O4. The van der Waals surface area contributed by atoms with Gasteiger partial charge in [-0.25, -0.2) is 0 Å². The summed E-state index contributed by atoms with van der Waals surface area (Å²) in [5, 5.41) is 35.9. The zero-order valence-electron chi connectivity index (χ0n) is 16.7. The Morgan fingerprint density at radius 1 is 1.23 bits per heavy atom. The first-order valence-corrected chi connectivity index (χ1v) is 10.1. The first-order chi connectivity index (χ1) is 14.3. The number of rotatable bonds is 3. The lowest BCUT2D eigenvalue weighted by atomic mass is 9.76. The van der Waals surface area contributed by atoms with Crippen LogP contribution >= 0.6 is 0 Å². The van der Waals surface area contributed by atoms with Gasteiger partial charge in [0.25, 0.3) is 5.91 Å². The molecule has 3 aromatic rings. The highest BCUT2D eigenvalue weighted by Gasteiger charge is 2.74. The number of aromatic amines is 1. The second-order valence-electron chi connectivity index (χ2n) is 8.53. The first-order valence-electron chi connectivity index (χ1n) is 10.1. The van der Waals surface area contributed by atoms with Crippen LogP contribution in [0.1, 0.15) is 40.7 Å². The van der Waals surface area contributed by atoms with Gasteiger partial charge in [0.15, 0.2) is 11.5 Å². The van der Waals surface area contributed by atoms with Crippen molar-refractivity contribution in [2.24, 2.45) is 0 Å². The summed E-state index contributed by atoms with van der Waals surface area (Å²) < 4.78 is 0. The van der Waals surface area contributed by atoms with Crippen molar-refractivity contribution in [3.05, 3.63) is 71.4 Å². The van der Waals surface area contributed by atoms with Crippen LogP contribution in [0.5, 0.6) is 11.5 Å². The number of benzene rings is 2. The lowest BCUT2D eigenvalue weighted by Gasteiger charge is -2.34. The van der Waals surface area contributed by atoms with Crippen molar-refractivity contribution in [1.29, 1.82) is 0 Å². The molecule has 0 spiro atoms. The summed E-state index contributed by atoms with van der Waals surface area (Å²) in [5.74, 6) is -0.623. The number of aryl methyl sites for hydroxylation is 1. The average molecular weight is 404 g/mol. The van der Waals surface area contributed by atoms with Crippen LogP contribution < -0.4 is 5.32 Å². The van der Waals surface area contributed by atoms with Crippen LogP contribution in [-0.4, -0.2) is 37.9 Å². The Bertz CT molecular complexity index is 1210. The van der Waals surface area contributed by atoms with Crippen molar-refractivity contribution >= 4 is 16.8 Å². The van der Waals surface area contributed by atoms with Gasteiger partial charge < -0.3 is 25.6 Å². The Morgan fingerprint density at radius 3 is 2.83 bits per heavy atom. The number of amides is 1. The average Bonchev–Trinajstić information content (AvgIpc) is 3.05. The maximum absolute atomic E-state index is 13.0. The third-order valence-electron chi connectivity index (χ3n) is 7.03. The molecule has 2 aliphatic rings. The number of H-pyrrole nitrogens is 1. The minimum Gasteiger partial charge on any atom is -0.504 e. The number of phenolic OH excluding ortho intramolecular Hbond substituents is 2. The van der Waals surface area contributed by atoms with E-state index in [1.807, 2.05) is 25.1 Å². The van der Waals surface area contributed by atoms with Crippen LogP contribution in [0, 0.1) is 6.92 Å². The van der Waals surface area contributed by atoms with E-state index in [0.717, 1.165) is 16.5 Å². The normalized spacial score (nSPS) is 27.7. The van der Waals surface area contributed by atoms with Gasteiger partial charge in [0.1, 0.15) is 5.60 Å². The summed E-state index contributed by atoms with van der Waals surface area (Å²) in [6.45, 7) is 5.93. The lowest BCUT2D eigenvalue weighted by molar-refractivity contribution is 0.0737. The van der Waals surface area contributed by atoms with E-state index in [2.05, 4.69) is 16.9 Å². The van der Waals surface area contributed by atoms with E-state index in [9.17, 15) is 20.1 Å². The van der Waals surface area contributed by atoms with Gasteiger partial charge in [-0.1, -0.05) is 18.7 Å². The molecule has 0 radical (unpaired) electrons. The van der Waals surface area contributed by atoms with E-state index < -0.39 is 11.0 Å². The summed E-state index contributed by atoms with van der Waals surface area (Å²) in [6.07, 6.45) is 3.25. The molecular weight excluding hydrogens is 380 g/mol. The van der Waals surface area contributed by atoms with Crippen LogP contribution in [0.3, 0.4) is 0 Å². The number of carbonyl (C=O) groups excluding carboxylic acids is 1. The van der Waals surface area contributed by atoms with Gasteiger partial charge in [-0.2, -0.15) is 0 Å². The van der Waals surface area contributed by atoms with Gasteiger partial charge in [0, 0.05) is 34.3 Å². The van der Waals surface area contributed by atoms with Crippen molar-refractivity contribution in [3.8, 4) is 11.5 Å². The van der Waals surface area contributed by atoms with Gasteiger partial charge in [-0.3, -0.25) is 4.79 Å². The number of nitrogens with one attached hydrogen (secondary N) is 2. The third-order valence-corrected chi connectivity index (χ3v) is 7.03. The highest BCUT2D eigenvalue weighted by atomic mass is 16.3. The maximum atomic E-state index is 13.0. The fourth-order valence-corrected chi connectivity index (χ4v) is 5.44. The predicted molar refractivity (Wildman–Crippen MR) is 114 cm³/mol. The second-order valence-corrected chi connectivity index (χ2v) is 8.53. The number of aromatic nitrogens is 1. The van der Waals surface area contributed by atoms with Crippen LogP contribution in [0.4, 0.5) is 0 Å². The van der Waals surface area contributed by atoms with E-state index in [-0.39, 0.29) is 23.4 Å². The number of aliphatic hydroxyl groups is 1. The van der Waals surface area contributed by atoms with Gasteiger partial charge >= 0.3 is 0 Å². The number of carbonyl (C=O) groups is 1. The second kappa shape index (κ2) is 6.12. The minimum absolute atomic E-state index is 0.172. The molecule has 3 atom stereocenters. The number of phenols is 2. The molecule has 2 saturated carbocycles. The number of fused-ring (bicyclic) bond motifs is 2. The van der Waals surface area contributed by atoms with Crippen molar-refractivity contribution in [2.75, 3.05) is 0 Å². The molecule has 1 amide bonds. The molecule has 5 N–H and O–H groups in total. The molecule has 3 unspecified atom stereocenters. The summed E-state index contributed by atoms with van der Waals surface area (Å²) in [4.78, 5) is 16.1. The Labute approximate surface area is 173 Å². The molecule has 6 heteroatoms. The SMILES string of the molecule is C=C1C2(O)CCC(NC(=O)c3cccc4[nH]ccc34)CC12c1c(C)ccc(O)c1O. The van der Waals surface area contributed by atoms with E-state index in [1.165, 1.54) is 6.07 Å². The van der Waals surface area contributed by atoms with E-state index >= 15 is 0 Å². The smallest absolute Gasteiger partial charge is 0.252 e. The van der Waals surface area contributed by atoms with Crippen LogP contribution in [0.25, 0.3) is 10.9 Å². The molecule has 30 heavy (non-hydrogen) atoms. The Morgan fingerprint density at radius 2 is 2.03 bits per heavy atom. The van der Waals surface area contributed by atoms with Gasteiger partial charge in [-0.15, -0.1) is 0 Å². The molecule has 2 aromatic carbocycles. The number of aromatic hydroxyl groups is 2. The monoisotopic (exact) mass is 404 g/mol. The molecule has 0 bridgehead atoms. The summed E-state index contributed by atoms with van der Waals surface area (Å²) in [5.41, 5.74) is 1.38. The van der Waals surface area contributed by atoms with Crippen LogP contribution in [0.2, 0.25) is 0 Å². The maximum Gasteiger partial charge on any atom is 0.252 e. The molecule has 6 nitrogen and oxygen atoms in total. The molecule has 0 saturated heterocycles. The van der Waals surface area contributed by atoms with Crippen LogP contribution in [-0.2, 0) is 5.41 Å². The molecule has 2 fully saturated rings. The van der Waals surface area contributed by atoms with E-state index in [0.29, 0.717) is 36.0 Å². The fraction of sp³-hybridized carbons (Fsp3) is 0.292. The predicted octanol–water partition coefficient (Wildman–Crippen LogP) is 3.41. The largest absolute Gasteiger partial charge is 0.504 e. The summed E-state index contributed by atoms with van der Waals surface area (Å²) >= 11 is 0. The third kappa shape index (κ3) is 2.31. The van der Waals surface area contributed by atoms with Crippen molar-refractivity contribution in [3.63, 3.8) is 0 Å². The highest BCUT2D eigenvalue weighted by Crippen LogP contribution is 2.71. The molecule has 1 aromatic heterocycles. The molecule has 0 aliphatic heterocycles. The molecule has 5 rings (SSSR count). The van der Waals surface area contributed by atoms with Crippen molar-refractivity contribution < 1.29 is 20.1 Å². The quantitative estimate of drug-likeness (QED) is 0.341. The summed E-state index contributed by atoms with van der Waals surface area (Å²) in [6, 6.07) is 10.4. The van der Waals surface area contributed by atoms with E-state index in [4.69, 9.17) is 0 Å². The zero-order chi connectivity index (χ0) is 21.3. The minimum atomic E-state index is -1.13. The molecule has 154 valence electrons. The lowest BCUT2D eigenvalue weighted by Crippen LogP contribution is -2.44. The number of hydrogen-bond donors (Lipinski definition) is 5. The highest BCUT2D eigenvalue weighted by molar-refractivity contribution is 6.06. The van der Waals surface area contributed by atoms with Gasteiger partial charge in [0.2, 0.25) is 0 Å². The van der Waals surface area contributed by atoms with Crippen molar-refractivity contribution in [2.45, 2.75) is 43.2 Å². The van der Waals surface area contributed by atoms with Crippen LogP contribution in [0.15, 0.2) is 54.7 Å². The Kier molecular flexibility index (Phi) is 3.83. The Hall–Kier alpha value is -3.25. The standard InChI is InChI=1S/C24H24N2O4/c1-13-6-7-19(27)21(28)20(13)23-12-15(8-10-24(23,30)14(23)2)26-22(29)17-4-3-5-18-16(17)9-11-25-18/h3-7,9,11,15,25,27-28,30H,2,8,10,12H2,1H3,(H,26,29).